The van der Waals surface area contributed by atoms with E-state index in [9.17, 15) is 4.79 Å². The van der Waals surface area contributed by atoms with E-state index in [4.69, 9.17) is 0 Å². The van der Waals surface area contributed by atoms with Crippen molar-refractivity contribution in [3.05, 3.63) is 38.0 Å². The monoisotopic (exact) mass is 164 g/mol. The Labute approximate surface area is 73.7 Å². The molecule has 2 heteroatoms. The van der Waals surface area contributed by atoms with Crippen LogP contribution in [0.3, 0.4) is 0 Å². The average Bonchev–Trinajstić information content (AvgIpc) is 2.06. The van der Waals surface area contributed by atoms with Crippen LogP contribution in [0, 0.1) is 0 Å². The highest BCUT2D eigenvalue weighted by Gasteiger charge is 2.22. The summed E-state index contributed by atoms with van der Waals surface area (Å²) in [6.07, 6.45) is 8.08. The molecule has 0 rings (SSSR count). The van der Waals surface area contributed by atoms with Crippen LogP contribution in [0.25, 0.3) is 0 Å². The Morgan fingerprint density at radius 2 is 1.75 bits per heavy atom. The summed E-state index contributed by atoms with van der Waals surface area (Å²) >= 11 is 0. The molecule has 0 aromatic carbocycles. The minimum absolute atomic E-state index is 0.453. The molecule has 0 saturated heterocycles. The van der Waals surface area contributed by atoms with Gasteiger partial charge in [0.05, 0.1) is 5.54 Å². The maximum absolute atomic E-state index is 10.2. The van der Waals surface area contributed by atoms with E-state index in [1.165, 1.54) is 0 Å². The van der Waals surface area contributed by atoms with Gasteiger partial charge in [-0.05, 0) is 12.8 Å². The van der Waals surface area contributed by atoms with Crippen molar-refractivity contribution >= 4 is 6.41 Å². The van der Waals surface area contributed by atoms with Crippen LogP contribution in [0.15, 0.2) is 38.0 Å². The molecule has 1 radical (unpaired) electrons. The first-order valence-corrected chi connectivity index (χ1v) is 3.74. The number of nitrogens with one attached hydrogen (secondary N) is 1. The highest BCUT2D eigenvalue weighted by Crippen LogP contribution is 2.17. The van der Waals surface area contributed by atoms with Crippen molar-refractivity contribution in [3.8, 4) is 0 Å². The van der Waals surface area contributed by atoms with Gasteiger partial charge in [0.25, 0.3) is 0 Å². The van der Waals surface area contributed by atoms with Gasteiger partial charge in [-0.15, -0.1) is 19.7 Å². The molecule has 0 spiro atoms. The van der Waals surface area contributed by atoms with Crippen molar-refractivity contribution in [1.29, 1.82) is 0 Å². The lowest BCUT2D eigenvalue weighted by Gasteiger charge is -2.26. The number of rotatable bonds is 7. The first kappa shape index (κ1) is 10.7. The van der Waals surface area contributed by atoms with Crippen LogP contribution in [-0.4, -0.2) is 11.9 Å². The maximum Gasteiger partial charge on any atom is 0.310 e. The quantitative estimate of drug-likeness (QED) is 0.450. The third-order valence-corrected chi connectivity index (χ3v) is 1.71. The summed E-state index contributed by atoms with van der Waals surface area (Å²) in [5.41, 5.74) is -0.453. The molecule has 1 amide bonds. The van der Waals surface area contributed by atoms with Crippen LogP contribution in [0.1, 0.15) is 12.8 Å². The van der Waals surface area contributed by atoms with Crippen LogP contribution >= 0.6 is 0 Å². The molecule has 1 N–H and O–H groups in total. The summed E-state index contributed by atoms with van der Waals surface area (Å²) in [4.78, 5) is 10.2. The van der Waals surface area contributed by atoms with Crippen molar-refractivity contribution in [1.82, 2.24) is 5.32 Å². The summed E-state index contributed by atoms with van der Waals surface area (Å²) in [6.45, 7) is 10.9. The van der Waals surface area contributed by atoms with Gasteiger partial charge < -0.3 is 5.32 Å². The molecule has 65 valence electrons. The van der Waals surface area contributed by atoms with Gasteiger partial charge in [0.15, 0.2) is 0 Å². The second-order valence-electron chi connectivity index (χ2n) is 2.57. The van der Waals surface area contributed by atoms with Gasteiger partial charge in [-0.1, -0.05) is 18.2 Å². The molecule has 0 fully saturated rings. The summed E-state index contributed by atoms with van der Waals surface area (Å²) in [5.74, 6) is 0. The molecular formula is C10H14NO. The standard InChI is InChI=1S/C10H14NO/c1-4-7-10(6-3,8-5-2)11-9-12/h4-6H,1-3,7-8H2,(H,11,12). The lowest BCUT2D eigenvalue weighted by atomic mass is 9.91. The van der Waals surface area contributed by atoms with Crippen LogP contribution in [0.5, 0.6) is 0 Å². The zero-order chi connectivity index (χ0) is 9.45. The van der Waals surface area contributed by atoms with E-state index in [2.05, 4.69) is 25.1 Å². The summed E-state index contributed by atoms with van der Waals surface area (Å²) < 4.78 is 0. The summed E-state index contributed by atoms with van der Waals surface area (Å²) in [6, 6.07) is 0. The van der Waals surface area contributed by atoms with Gasteiger partial charge in [0.1, 0.15) is 0 Å². The minimum Gasteiger partial charge on any atom is -0.338 e. The normalized spacial score (nSPS) is 10.0. The van der Waals surface area contributed by atoms with Crippen molar-refractivity contribution in [2.24, 2.45) is 0 Å². The summed E-state index contributed by atoms with van der Waals surface area (Å²) in [7, 11) is 0. The van der Waals surface area contributed by atoms with Crippen LogP contribution in [-0.2, 0) is 4.79 Å². The molecule has 0 saturated carbocycles. The fourth-order valence-corrected chi connectivity index (χ4v) is 1.02. The Hall–Kier alpha value is -1.31. The van der Waals surface area contributed by atoms with Crippen molar-refractivity contribution in [2.45, 2.75) is 18.4 Å². The van der Waals surface area contributed by atoms with Gasteiger partial charge in [0.2, 0.25) is 0 Å². The molecule has 12 heavy (non-hydrogen) atoms. The third kappa shape index (κ3) is 2.74. The maximum atomic E-state index is 10.2. The lowest BCUT2D eigenvalue weighted by Crippen LogP contribution is -2.41. The van der Waals surface area contributed by atoms with Gasteiger partial charge in [-0.2, -0.15) is 0 Å². The first-order chi connectivity index (χ1) is 5.74. The minimum atomic E-state index is -0.453. The number of carbonyl (C=O) groups excluding carboxylic acids is 1. The van der Waals surface area contributed by atoms with E-state index in [-0.39, 0.29) is 0 Å². The molecule has 0 atom stereocenters. The van der Waals surface area contributed by atoms with E-state index < -0.39 is 5.54 Å². The van der Waals surface area contributed by atoms with Gasteiger partial charge >= 0.3 is 6.41 Å². The molecule has 0 aliphatic heterocycles. The second kappa shape index (κ2) is 5.35. The molecule has 0 aromatic rings. The molecule has 2 nitrogen and oxygen atoms in total. The number of hydrogen-bond donors (Lipinski definition) is 1. The zero-order valence-electron chi connectivity index (χ0n) is 7.18. The van der Waals surface area contributed by atoms with E-state index >= 15 is 0 Å². The molecule has 0 aliphatic rings. The number of hydrogen-bond acceptors (Lipinski definition) is 1. The molecular weight excluding hydrogens is 150 g/mol. The largest absolute Gasteiger partial charge is 0.338 e. The van der Waals surface area contributed by atoms with E-state index in [1.54, 1.807) is 24.6 Å². The van der Waals surface area contributed by atoms with Crippen molar-refractivity contribution in [3.63, 3.8) is 0 Å². The Balaban J connectivity index is 4.45. The fourth-order valence-electron chi connectivity index (χ4n) is 1.02. The van der Waals surface area contributed by atoms with Crippen molar-refractivity contribution in [2.75, 3.05) is 0 Å². The fraction of sp³-hybridized carbons (Fsp3) is 0.300. The predicted molar refractivity (Wildman–Crippen MR) is 51.4 cm³/mol. The van der Waals surface area contributed by atoms with Crippen molar-refractivity contribution < 1.29 is 4.79 Å². The molecule has 0 aliphatic carbocycles. The molecule has 0 heterocycles. The van der Waals surface area contributed by atoms with E-state index in [0.717, 1.165) is 0 Å². The topological polar surface area (TPSA) is 29.1 Å². The highest BCUT2D eigenvalue weighted by molar-refractivity contribution is 5.50. The Morgan fingerprint density at radius 1 is 1.25 bits per heavy atom. The van der Waals surface area contributed by atoms with Crippen LogP contribution in [0.2, 0.25) is 0 Å². The average molecular weight is 164 g/mol. The SMILES string of the molecule is C=CCC(C=C)(CC=C)N[C]=O. The lowest BCUT2D eigenvalue weighted by molar-refractivity contribution is 0.453. The Bertz CT molecular complexity index is 158. The Morgan fingerprint density at radius 3 is 2.00 bits per heavy atom. The predicted octanol–water partition coefficient (Wildman–Crippen LogP) is 1.72. The smallest absolute Gasteiger partial charge is 0.310 e. The zero-order valence-corrected chi connectivity index (χ0v) is 7.18. The second-order valence-corrected chi connectivity index (χ2v) is 2.57. The van der Waals surface area contributed by atoms with Gasteiger partial charge in [0, 0.05) is 0 Å². The first-order valence-electron chi connectivity index (χ1n) is 3.74. The van der Waals surface area contributed by atoms with Gasteiger partial charge in [-0.3, -0.25) is 4.79 Å². The Kier molecular flexibility index (Phi) is 4.77. The third-order valence-electron chi connectivity index (χ3n) is 1.71. The van der Waals surface area contributed by atoms with Crippen LogP contribution < -0.4 is 5.32 Å². The van der Waals surface area contributed by atoms with Crippen LogP contribution in [0.4, 0.5) is 0 Å². The highest BCUT2D eigenvalue weighted by atomic mass is 16.1. The molecule has 0 bridgehead atoms. The molecule has 0 unspecified atom stereocenters. The van der Waals surface area contributed by atoms with E-state index in [1.807, 2.05) is 0 Å². The summed E-state index contributed by atoms with van der Waals surface area (Å²) in [5, 5.41) is 2.58. The van der Waals surface area contributed by atoms with E-state index in [0.29, 0.717) is 12.8 Å². The molecule has 0 aromatic heterocycles. The number of amides is 1. The van der Waals surface area contributed by atoms with Gasteiger partial charge in [-0.25, -0.2) is 0 Å².